The van der Waals surface area contributed by atoms with E-state index in [0.29, 0.717) is 29.1 Å². The molecular weight excluding hydrogens is 236 g/mol. The molecule has 0 aliphatic rings. The van der Waals surface area contributed by atoms with Crippen LogP contribution in [0.1, 0.15) is 10.4 Å². The van der Waals surface area contributed by atoms with Gasteiger partial charge in [-0.3, -0.25) is 9.59 Å². The second-order valence-electron chi connectivity index (χ2n) is 3.27. The summed E-state index contributed by atoms with van der Waals surface area (Å²) >= 11 is 0. The van der Waals surface area contributed by atoms with Crippen molar-refractivity contribution >= 4 is 12.1 Å². The van der Waals surface area contributed by atoms with Gasteiger partial charge in [0.15, 0.2) is 17.3 Å². The lowest BCUT2D eigenvalue weighted by molar-refractivity contribution is -0.104. The van der Waals surface area contributed by atoms with E-state index in [4.69, 9.17) is 14.2 Å². The summed E-state index contributed by atoms with van der Waals surface area (Å²) in [4.78, 5) is 21.9. The molecule has 0 saturated carbocycles. The summed E-state index contributed by atoms with van der Waals surface area (Å²) in [6, 6.07) is 3.05. The van der Waals surface area contributed by atoms with Gasteiger partial charge in [0.25, 0.3) is 0 Å². The molecule has 0 atom stereocenters. The maximum Gasteiger partial charge on any atom is 0.203 e. The van der Waals surface area contributed by atoms with Crippen LogP contribution in [0.4, 0.5) is 0 Å². The van der Waals surface area contributed by atoms with Gasteiger partial charge in [-0.2, -0.15) is 0 Å². The van der Waals surface area contributed by atoms with E-state index in [-0.39, 0.29) is 5.78 Å². The van der Waals surface area contributed by atoms with E-state index in [1.54, 1.807) is 0 Å². The monoisotopic (exact) mass is 250 g/mol. The molecule has 0 amide bonds. The van der Waals surface area contributed by atoms with Gasteiger partial charge in [-0.25, -0.2) is 0 Å². The minimum Gasteiger partial charge on any atom is -0.493 e. The van der Waals surface area contributed by atoms with Crippen LogP contribution in [-0.2, 0) is 4.79 Å². The van der Waals surface area contributed by atoms with Gasteiger partial charge in [0.05, 0.1) is 21.3 Å². The van der Waals surface area contributed by atoms with Crippen molar-refractivity contribution in [3.63, 3.8) is 0 Å². The normalized spacial score (nSPS) is 10.2. The van der Waals surface area contributed by atoms with Crippen LogP contribution in [0.2, 0.25) is 0 Å². The van der Waals surface area contributed by atoms with Crippen LogP contribution < -0.4 is 14.2 Å². The lowest BCUT2D eigenvalue weighted by Gasteiger charge is -2.13. The number of benzene rings is 1. The first-order valence-electron chi connectivity index (χ1n) is 5.14. The summed E-state index contributed by atoms with van der Waals surface area (Å²) in [6.07, 6.45) is 2.84. The molecule has 96 valence electrons. The SMILES string of the molecule is COc1cc(C(=O)/C=C/C=O)cc(OC)c1OC. The molecule has 1 aromatic rings. The van der Waals surface area contributed by atoms with Crippen molar-refractivity contribution in [1.29, 1.82) is 0 Å². The van der Waals surface area contributed by atoms with Gasteiger partial charge in [0.2, 0.25) is 5.75 Å². The van der Waals surface area contributed by atoms with Crippen LogP contribution in [0.5, 0.6) is 17.2 Å². The van der Waals surface area contributed by atoms with E-state index >= 15 is 0 Å². The highest BCUT2D eigenvalue weighted by atomic mass is 16.5. The van der Waals surface area contributed by atoms with E-state index in [1.807, 2.05) is 0 Å². The van der Waals surface area contributed by atoms with Crippen LogP contribution >= 0.6 is 0 Å². The molecule has 5 nitrogen and oxygen atoms in total. The van der Waals surface area contributed by atoms with Crippen molar-refractivity contribution < 1.29 is 23.8 Å². The molecule has 0 aromatic heterocycles. The molecule has 0 saturated heterocycles. The first kappa shape index (κ1) is 13.8. The number of aldehydes is 1. The van der Waals surface area contributed by atoms with E-state index in [2.05, 4.69) is 0 Å². The van der Waals surface area contributed by atoms with Gasteiger partial charge in [-0.05, 0) is 24.3 Å². The fourth-order valence-corrected chi connectivity index (χ4v) is 1.45. The van der Waals surface area contributed by atoms with Crippen molar-refractivity contribution in [2.24, 2.45) is 0 Å². The van der Waals surface area contributed by atoms with E-state index < -0.39 is 0 Å². The Balaban J connectivity index is 3.26. The molecule has 0 N–H and O–H groups in total. The summed E-state index contributed by atoms with van der Waals surface area (Å²) in [7, 11) is 4.41. The van der Waals surface area contributed by atoms with Crippen molar-refractivity contribution in [3.8, 4) is 17.2 Å². The van der Waals surface area contributed by atoms with Crippen molar-refractivity contribution in [2.45, 2.75) is 0 Å². The van der Waals surface area contributed by atoms with Gasteiger partial charge in [0, 0.05) is 5.56 Å². The van der Waals surface area contributed by atoms with E-state index in [1.165, 1.54) is 39.5 Å². The molecule has 5 heteroatoms. The Labute approximate surface area is 105 Å². The second-order valence-corrected chi connectivity index (χ2v) is 3.27. The number of ketones is 1. The Morgan fingerprint density at radius 3 is 2.00 bits per heavy atom. The molecule has 0 radical (unpaired) electrons. The highest BCUT2D eigenvalue weighted by molar-refractivity contribution is 6.06. The number of rotatable bonds is 6. The zero-order chi connectivity index (χ0) is 13.5. The van der Waals surface area contributed by atoms with Crippen molar-refractivity contribution in [1.82, 2.24) is 0 Å². The predicted octanol–water partition coefficient (Wildman–Crippen LogP) is 1.65. The van der Waals surface area contributed by atoms with Gasteiger partial charge in [-0.1, -0.05) is 0 Å². The molecule has 18 heavy (non-hydrogen) atoms. The zero-order valence-corrected chi connectivity index (χ0v) is 10.4. The number of allylic oxidation sites excluding steroid dienone is 2. The third kappa shape index (κ3) is 2.88. The molecule has 0 fully saturated rings. The zero-order valence-electron chi connectivity index (χ0n) is 10.4. The summed E-state index contributed by atoms with van der Waals surface area (Å²) in [5, 5.41) is 0. The Kier molecular flexibility index (Phi) is 4.92. The highest BCUT2D eigenvalue weighted by Crippen LogP contribution is 2.38. The van der Waals surface area contributed by atoms with E-state index in [0.717, 1.165) is 6.08 Å². The van der Waals surface area contributed by atoms with Gasteiger partial charge >= 0.3 is 0 Å². The molecule has 0 bridgehead atoms. The van der Waals surface area contributed by atoms with Gasteiger partial charge < -0.3 is 14.2 Å². The van der Waals surface area contributed by atoms with Crippen LogP contribution in [-0.4, -0.2) is 33.4 Å². The molecule has 0 unspecified atom stereocenters. The Bertz CT molecular complexity index is 451. The third-order valence-electron chi connectivity index (χ3n) is 2.28. The molecular formula is C13H14O5. The van der Waals surface area contributed by atoms with Crippen molar-refractivity contribution in [3.05, 3.63) is 29.8 Å². The molecule has 1 rings (SSSR count). The van der Waals surface area contributed by atoms with Gasteiger partial charge in [0.1, 0.15) is 6.29 Å². The van der Waals surface area contributed by atoms with Crippen LogP contribution in [0.3, 0.4) is 0 Å². The Morgan fingerprint density at radius 1 is 1.06 bits per heavy atom. The quantitative estimate of drug-likeness (QED) is 0.436. The molecule has 0 aliphatic carbocycles. The second kappa shape index (κ2) is 6.44. The summed E-state index contributed by atoms with van der Waals surface area (Å²) in [5.74, 6) is 0.872. The van der Waals surface area contributed by atoms with Gasteiger partial charge in [-0.15, -0.1) is 0 Å². The summed E-state index contributed by atoms with van der Waals surface area (Å²) in [5.41, 5.74) is 0.350. The first-order chi connectivity index (χ1) is 8.67. The number of carbonyl (C=O) groups is 2. The maximum absolute atomic E-state index is 11.7. The number of hydrogen-bond donors (Lipinski definition) is 0. The topological polar surface area (TPSA) is 61.8 Å². The Morgan fingerprint density at radius 2 is 1.61 bits per heavy atom. The lowest BCUT2D eigenvalue weighted by atomic mass is 10.1. The average Bonchev–Trinajstić information content (AvgIpc) is 2.42. The minimum absolute atomic E-state index is 0.318. The van der Waals surface area contributed by atoms with Crippen LogP contribution in [0.15, 0.2) is 24.3 Å². The fraction of sp³-hybridized carbons (Fsp3) is 0.231. The third-order valence-corrected chi connectivity index (χ3v) is 2.28. The largest absolute Gasteiger partial charge is 0.493 e. The fourth-order valence-electron chi connectivity index (χ4n) is 1.45. The molecule has 0 spiro atoms. The summed E-state index contributed by atoms with van der Waals surface area (Å²) in [6.45, 7) is 0. The smallest absolute Gasteiger partial charge is 0.203 e. The minimum atomic E-state index is -0.318. The number of carbonyl (C=O) groups excluding carboxylic acids is 2. The van der Waals surface area contributed by atoms with Crippen LogP contribution in [0.25, 0.3) is 0 Å². The number of methoxy groups -OCH3 is 3. The average molecular weight is 250 g/mol. The number of ether oxygens (including phenoxy) is 3. The lowest BCUT2D eigenvalue weighted by Crippen LogP contribution is -2.00. The maximum atomic E-state index is 11.7. The first-order valence-corrected chi connectivity index (χ1v) is 5.14. The molecule has 0 aliphatic heterocycles. The van der Waals surface area contributed by atoms with Crippen LogP contribution in [0, 0.1) is 0 Å². The molecule has 0 heterocycles. The van der Waals surface area contributed by atoms with Crippen molar-refractivity contribution in [2.75, 3.05) is 21.3 Å². The molecule has 1 aromatic carbocycles. The number of hydrogen-bond acceptors (Lipinski definition) is 5. The summed E-state index contributed by atoms with van der Waals surface area (Å²) < 4.78 is 15.4. The highest BCUT2D eigenvalue weighted by Gasteiger charge is 2.15. The standard InChI is InChI=1S/C13H14O5/c1-16-11-7-9(10(15)5-4-6-14)8-12(17-2)13(11)18-3/h4-8H,1-3H3/b5-4+. The predicted molar refractivity (Wildman–Crippen MR) is 65.6 cm³/mol. The Hall–Kier alpha value is -2.30. The van der Waals surface area contributed by atoms with E-state index in [9.17, 15) is 9.59 Å².